The third-order valence-electron chi connectivity index (χ3n) is 5.44. The molecule has 2 atom stereocenters. The number of hydrogen-bond donors (Lipinski definition) is 2. The number of nitrogens with zero attached hydrogens (tertiary/aromatic N) is 1. The molecular weight excluding hydrogens is 312 g/mol. The molecule has 6 heteroatoms. The van der Waals surface area contributed by atoms with Crippen molar-refractivity contribution >= 4 is 9.84 Å². The van der Waals surface area contributed by atoms with E-state index >= 15 is 0 Å². The van der Waals surface area contributed by atoms with Crippen LogP contribution in [0.5, 0.6) is 0 Å². The van der Waals surface area contributed by atoms with Crippen LogP contribution in [0.25, 0.3) is 0 Å². The highest BCUT2D eigenvalue weighted by molar-refractivity contribution is 7.91. The third-order valence-corrected chi connectivity index (χ3v) is 7.15. The summed E-state index contributed by atoms with van der Waals surface area (Å²) < 4.78 is 24.8. The minimum atomic E-state index is -3.22. The van der Waals surface area contributed by atoms with E-state index < -0.39 is 9.84 Å². The van der Waals surface area contributed by atoms with Crippen molar-refractivity contribution in [3.63, 3.8) is 0 Å². The highest BCUT2D eigenvalue weighted by Crippen LogP contribution is 2.38. The van der Waals surface area contributed by atoms with Crippen molar-refractivity contribution in [2.75, 3.05) is 38.5 Å². The van der Waals surface area contributed by atoms with E-state index in [0.29, 0.717) is 11.4 Å². The zero-order chi connectivity index (χ0) is 16.3. The number of hydrogen-bond acceptors (Lipinski definition) is 5. The summed E-state index contributed by atoms with van der Waals surface area (Å²) in [5.41, 5.74) is -0.00689. The second-order valence-corrected chi connectivity index (χ2v) is 8.92. The van der Waals surface area contributed by atoms with Gasteiger partial charge in [0.05, 0.1) is 17.3 Å². The van der Waals surface area contributed by atoms with Crippen LogP contribution in [0, 0.1) is 5.41 Å². The molecule has 0 radical (unpaired) electrons. The normalized spacial score (nSPS) is 29.2. The second-order valence-electron chi connectivity index (χ2n) is 6.81. The molecule has 5 nitrogen and oxygen atoms in total. The van der Waals surface area contributed by atoms with Crippen LogP contribution in [-0.2, 0) is 9.84 Å². The Morgan fingerprint density at radius 2 is 2.04 bits per heavy atom. The first-order chi connectivity index (χ1) is 11.1. The zero-order valence-electron chi connectivity index (χ0n) is 13.4. The minimum absolute atomic E-state index is 0.00689. The van der Waals surface area contributed by atoms with Gasteiger partial charge in [-0.2, -0.15) is 0 Å². The fraction of sp³-hybridized carbons (Fsp3) is 0.647. The molecule has 2 heterocycles. The second kappa shape index (κ2) is 6.89. The van der Waals surface area contributed by atoms with Crippen molar-refractivity contribution in [2.24, 2.45) is 5.41 Å². The highest BCUT2D eigenvalue weighted by Gasteiger charge is 2.43. The first-order valence-corrected chi connectivity index (χ1v) is 10.1. The Hall–Kier alpha value is -0.950. The molecule has 0 amide bonds. The number of piperidine rings is 2. The summed E-state index contributed by atoms with van der Waals surface area (Å²) in [4.78, 5) is 2.62. The van der Waals surface area contributed by atoms with E-state index in [-0.39, 0.29) is 23.8 Å². The molecule has 1 aromatic rings. The molecule has 0 bridgehead atoms. The van der Waals surface area contributed by atoms with Crippen LogP contribution in [0.4, 0.5) is 0 Å². The Morgan fingerprint density at radius 3 is 2.78 bits per heavy atom. The zero-order valence-corrected chi connectivity index (χ0v) is 14.3. The van der Waals surface area contributed by atoms with Crippen molar-refractivity contribution in [1.82, 2.24) is 10.2 Å². The number of sulfone groups is 1. The van der Waals surface area contributed by atoms with Crippen LogP contribution in [0.2, 0.25) is 0 Å². The van der Waals surface area contributed by atoms with Crippen LogP contribution in [0.3, 0.4) is 0 Å². The maximum Gasteiger partial charge on any atom is 0.179 e. The summed E-state index contributed by atoms with van der Waals surface area (Å²) in [6, 6.07) is 8.93. The van der Waals surface area contributed by atoms with Gasteiger partial charge in [-0.15, -0.1) is 0 Å². The highest BCUT2D eigenvalue weighted by atomic mass is 32.2. The summed E-state index contributed by atoms with van der Waals surface area (Å²) in [5.74, 6) is 0.149. The van der Waals surface area contributed by atoms with Gasteiger partial charge in [0, 0.05) is 24.5 Å². The van der Waals surface area contributed by atoms with Gasteiger partial charge in [-0.3, -0.25) is 0 Å². The lowest BCUT2D eigenvalue weighted by molar-refractivity contribution is -0.0111. The fourth-order valence-electron chi connectivity index (χ4n) is 3.86. The van der Waals surface area contributed by atoms with E-state index in [0.717, 1.165) is 38.9 Å². The average Bonchev–Trinajstić information content (AvgIpc) is 2.60. The first-order valence-electron chi connectivity index (χ1n) is 8.40. The Bertz CT molecular complexity index is 620. The molecule has 23 heavy (non-hydrogen) atoms. The van der Waals surface area contributed by atoms with Crippen LogP contribution < -0.4 is 5.32 Å². The summed E-state index contributed by atoms with van der Waals surface area (Å²) in [6.45, 7) is 3.45. The van der Waals surface area contributed by atoms with Gasteiger partial charge in [0.2, 0.25) is 0 Å². The van der Waals surface area contributed by atoms with E-state index in [1.165, 1.54) is 0 Å². The van der Waals surface area contributed by atoms with Crippen molar-refractivity contribution in [1.29, 1.82) is 0 Å². The molecule has 128 valence electrons. The van der Waals surface area contributed by atoms with Gasteiger partial charge in [-0.25, -0.2) is 8.42 Å². The Morgan fingerprint density at radius 1 is 1.26 bits per heavy atom. The molecule has 2 N–H and O–H groups in total. The molecule has 2 aliphatic heterocycles. The van der Waals surface area contributed by atoms with Crippen LogP contribution in [-0.4, -0.2) is 63.0 Å². The van der Waals surface area contributed by atoms with Gasteiger partial charge in [0.15, 0.2) is 9.84 Å². The monoisotopic (exact) mass is 338 g/mol. The third kappa shape index (κ3) is 3.60. The van der Waals surface area contributed by atoms with Gasteiger partial charge < -0.3 is 15.3 Å². The summed E-state index contributed by atoms with van der Waals surface area (Å²) in [5, 5.41) is 13.3. The van der Waals surface area contributed by atoms with Crippen molar-refractivity contribution in [3.05, 3.63) is 30.3 Å². The summed E-state index contributed by atoms with van der Waals surface area (Å²) in [7, 11) is -3.22. The Balaban J connectivity index is 1.60. The molecule has 0 saturated carbocycles. The molecule has 0 unspecified atom stereocenters. The van der Waals surface area contributed by atoms with E-state index in [4.69, 9.17) is 0 Å². The standard InChI is InChI=1S/C17H26N2O3S/c20-14-17-7-4-9-18-16(17)13-19(10-8-17)11-12-23(21,22)15-5-2-1-3-6-15/h1-3,5-6,16,18,20H,4,7-14H2/t16-,17-/m1/s1. The topological polar surface area (TPSA) is 69.6 Å². The molecule has 0 aliphatic carbocycles. The number of nitrogens with one attached hydrogen (secondary N) is 1. The van der Waals surface area contributed by atoms with E-state index in [9.17, 15) is 13.5 Å². The quantitative estimate of drug-likeness (QED) is 0.835. The van der Waals surface area contributed by atoms with E-state index in [2.05, 4.69) is 10.2 Å². The molecule has 0 spiro atoms. The number of fused-ring (bicyclic) bond motifs is 1. The minimum Gasteiger partial charge on any atom is -0.396 e. The maximum absolute atomic E-state index is 12.4. The Labute approximate surface area is 138 Å². The predicted octanol–water partition coefficient (Wildman–Crippen LogP) is 0.897. The van der Waals surface area contributed by atoms with Gasteiger partial charge in [0.25, 0.3) is 0 Å². The molecule has 3 rings (SSSR count). The number of rotatable bonds is 5. The molecule has 1 aromatic carbocycles. The van der Waals surface area contributed by atoms with Gasteiger partial charge >= 0.3 is 0 Å². The summed E-state index contributed by atoms with van der Waals surface area (Å²) >= 11 is 0. The van der Waals surface area contributed by atoms with Gasteiger partial charge in [-0.05, 0) is 44.5 Å². The lowest BCUT2D eigenvalue weighted by atomic mass is 9.70. The molecule has 0 aromatic heterocycles. The van der Waals surface area contributed by atoms with Gasteiger partial charge in [-0.1, -0.05) is 18.2 Å². The van der Waals surface area contributed by atoms with Crippen molar-refractivity contribution < 1.29 is 13.5 Å². The maximum atomic E-state index is 12.4. The lowest BCUT2D eigenvalue weighted by Gasteiger charge is -2.50. The molecule has 2 aliphatic rings. The Kier molecular flexibility index (Phi) is 5.06. The largest absolute Gasteiger partial charge is 0.396 e. The molecule has 2 saturated heterocycles. The first kappa shape index (κ1) is 16.9. The smallest absolute Gasteiger partial charge is 0.179 e. The predicted molar refractivity (Wildman–Crippen MR) is 90.1 cm³/mol. The number of benzene rings is 1. The van der Waals surface area contributed by atoms with E-state index in [1.54, 1.807) is 24.3 Å². The fourth-order valence-corrected chi connectivity index (χ4v) is 5.17. The van der Waals surface area contributed by atoms with E-state index in [1.807, 2.05) is 6.07 Å². The van der Waals surface area contributed by atoms with Crippen molar-refractivity contribution in [2.45, 2.75) is 30.2 Å². The van der Waals surface area contributed by atoms with Crippen LogP contribution in [0.15, 0.2) is 35.2 Å². The average molecular weight is 338 g/mol. The number of aliphatic hydroxyl groups is 1. The van der Waals surface area contributed by atoms with Crippen LogP contribution >= 0.6 is 0 Å². The number of aliphatic hydroxyl groups excluding tert-OH is 1. The molecular formula is C17H26N2O3S. The molecule has 2 fully saturated rings. The van der Waals surface area contributed by atoms with Crippen molar-refractivity contribution in [3.8, 4) is 0 Å². The van der Waals surface area contributed by atoms with Gasteiger partial charge in [0.1, 0.15) is 0 Å². The summed E-state index contributed by atoms with van der Waals surface area (Å²) in [6.07, 6.45) is 3.11. The SMILES string of the molecule is O=S(=O)(CCN1CC[C@@]2(CO)CCCN[C@@H]2C1)c1ccccc1. The van der Waals surface area contributed by atoms with Crippen LogP contribution in [0.1, 0.15) is 19.3 Å². The lowest BCUT2D eigenvalue weighted by Crippen LogP contribution is -2.61. The number of likely N-dealkylation sites (tertiary alicyclic amines) is 1.